The van der Waals surface area contributed by atoms with E-state index in [9.17, 15) is 4.79 Å². The maximum atomic E-state index is 12.0. The summed E-state index contributed by atoms with van der Waals surface area (Å²) in [6, 6.07) is 7.10. The van der Waals surface area contributed by atoms with Crippen molar-refractivity contribution in [3.05, 3.63) is 59.1 Å². The van der Waals surface area contributed by atoms with Gasteiger partial charge in [0.15, 0.2) is 6.73 Å². The third kappa shape index (κ3) is 5.23. The SMILES string of the molecule is O=C(CCn1cc(Cl)cn1)Nc1cnn(COc2cccc(Cl)c2)c1. The summed E-state index contributed by atoms with van der Waals surface area (Å²) in [4.78, 5) is 12.0. The van der Waals surface area contributed by atoms with Crippen molar-refractivity contribution in [3.8, 4) is 5.75 Å². The van der Waals surface area contributed by atoms with Gasteiger partial charge in [-0.15, -0.1) is 0 Å². The summed E-state index contributed by atoms with van der Waals surface area (Å²) in [5, 5.41) is 12.1. The fourth-order valence-electron chi connectivity index (χ4n) is 2.10. The quantitative estimate of drug-likeness (QED) is 0.681. The summed E-state index contributed by atoms with van der Waals surface area (Å²) in [6.07, 6.45) is 6.73. The first-order valence-corrected chi connectivity index (χ1v) is 8.23. The van der Waals surface area contributed by atoms with Gasteiger partial charge in [-0.05, 0) is 18.2 Å². The third-order valence-corrected chi connectivity index (χ3v) is 3.68. The van der Waals surface area contributed by atoms with Gasteiger partial charge in [-0.1, -0.05) is 29.3 Å². The van der Waals surface area contributed by atoms with E-state index in [0.717, 1.165) is 0 Å². The summed E-state index contributed by atoms with van der Waals surface area (Å²) in [5.41, 5.74) is 0.596. The Morgan fingerprint density at radius 2 is 1.96 bits per heavy atom. The summed E-state index contributed by atoms with van der Waals surface area (Å²) in [5.74, 6) is 0.508. The molecule has 1 amide bonds. The number of ether oxygens (including phenoxy) is 1. The lowest BCUT2D eigenvalue weighted by molar-refractivity contribution is -0.116. The van der Waals surface area contributed by atoms with Crippen LogP contribution in [0.3, 0.4) is 0 Å². The number of anilines is 1. The van der Waals surface area contributed by atoms with Crippen LogP contribution < -0.4 is 10.1 Å². The minimum absolute atomic E-state index is 0.137. The predicted octanol–water partition coefficient (Wildman–Crippen LogP) is 3.45. The molecule has 3 aromatic rings. The van der Waals surface area contributed by atoms with Gasteiger partial charge in [-0.2, -0.15) is 10.2 Å². The average molecular weight is 380 g/mol. The highest BCUT2D eigenvalue weighted by Crippen LogP contribution is 2.17. The van der Waals surface area contributed by atoms with Crippen molar-refractivity contribution in [1.82, 2.24) is 19.6 Å². The molecular formula is C16H15Cl2N5O2. The molecule has 0 radical (unpaired) electrons. The van der Waals surface area contributed by atoms with Gasteiger partial charge in [0, 0.05) is 24.2 Å². The third-order valence-electron chi connectivity index (χ3n) is 3.25. The van der Waals surface area contributed by atoms with E-state index in [4.69, 9.17) is 27.9 Å². The molecule has 3 rings (SSSR count). The second kappa shape index (κ2) is 8.04. The van der Waals surface area contributed by atoms with Gasteiger partial charge in [0.1, 0.15) is 5.75 Å². The summed E-state index contributed by atoms with van der Waals surface area (Å²) < 4.78 is 8.77. The highest BCUT2D eigenvalue weighted by Gasteiger charge is 2.06. The second-order valence-corrected chi connectivity index (χ2v) is 6.09. The maximum absolute atomic E-state index is 12.0. The lowest BCUT2D eigenvalue weighted by Crippen LogP contribution is -2.14. The molecule has 130 valence electrons. The number of hydrogen-bond acceptors (Lipinski definition) is 4. The number of rotatable bonds is 7. The van der Waals surface area contributed by atoms with Crippen molar-refractivity contribution in [2.75, 3.05) is 5.32 Å². The number of amides is 1. The van der Waals surface area contributed by atoms with Gasteiger partial charge < -0.3 is 10.1 Å². The summed E-state index contributed by atoms with van der Waals surface area (Å²) >= 11 is 11.7. The fraction of sp³-hybridized carbons (Fsp3) is 0.188. The normalized spacial score (nSPS) is 10.6. The molecule has 0 spiro atoms. The summed E-state index contributed by atoms with van der Waals surface area (Å²) in [6.45, 7) is 0.659. The lowest BCUT2D eigenvalue weighted by Gasteiger charge is -2.06. The van der Waals surface area contributed by atoms with Crippen LogP contribution in [0.5, 0.6) is 5.75 Å². The van der Waals surface area contributed by atoms with Crippen LogP contribution in [0, 0.1) is 0 Å². The molecule has 2 aromatic heterocycles. The first-order chi connectivity index (χ1) is 12.1. The van der Waals surface area contributed by atoms with Crippen LogP contribution in [-0.4, -0.2) is 25.5 Å². The molecule has 2 heterocycles. The molecule has 0 saturated heterocycles. The predicted molar refractivity (Wildman–Crippen MR) is 94.8 cm³/mol. The number of carbonyl (C=O) groups excluding carboxylic acids is 1. The molecule has 0 aliphatic heterocycles. The zero-order valence-corrected chi connectivity index (χ0v) is 14.6. The number of nitrogens with zero attached hydrogens (tertiary/aromatic N) is 4. The Balaban J connectivity index is 1.46. The molecule has 0 saturated carbocycles. The molecule has 0 atom stereocenters. The standard InChI is InChI=1S/C16H15Cl2N5O2/c17-12-2-1-3-15(6-12)25-11-23-10-14(8-20-23)21-16(24)4-5-22-9-13(18)7-19-22/h1-3,6-10H,4-5,11H2,(H,21,24). The maximum Gasteiger partial charge on any atom is 0.226 e. The van der Waals surface area contributed by atoms with E-state index >= 15 is 0 Å². The molecule has 0 aliphatic rings. The molecule has 0 fully saturated rings. The fourth-order valence-corrected chi connectivity index (χ4v) is 2.43. The Morgan fingerprint density at radius 3 is 2.72 bits per heavy atom. The number of benzene rings is 1. The molecule has 7 nitrogen and oxygen atoms in total. The van der Waals surface area contributed by atoms with Crippen LogP contribution >= 0.6 is 23.2 Å². The van der Waals surface area contributed by atoms with Crippen molar-refractivity contribution in [1.29, 1.82) is 0 Å². The second-order valence-electron chi connectivity index (χ2n) is 5.22. The Labute approximate surface area is 154 Å². The molecular weight excluding hydrogens is 365 g/mol. The van der Waals surface area contributed by atoms with Crippen LogP contribution in [0.2, 0.25) is 10.0 Å². The van der Waals surface area contributed by atoms with Crippen molar-refractivity contribution in [2.45, 2.75) is 19.7 Å². The molecule has 1 aromatic carbocycles. The van der Waals surface area contributed by atoms with Crippen molar-refractivity contribution in [2.24, 2.45) is 0 Å². The Kier molecular flexibility index (Phi) is 5.57. The van der Waals surface area contributed by atoms with Crippen molar-refractivity contribution in [3.63, 3.8) is 0 Å². The van der Waals surface area contributed by atoms with Gasteiger partial charge >= 0.3 is 0 Å². The average Bonchev–Trinajstić information content (AvgIpc) is 3.20. The lowest BCUT2D eigenvalue weighted by atomic mass is 10.3. The van der Waals surface area contributed by atoms with Gasteiger partial charge in [-0.25, -0.2) is 4.68 Å². The van der Waals surface area contributed by atoms with E-state index in [1.807, 2.05) is 0 Å². The molecule has 9 heteroatoms. The Bertz CT molecular complexity index is 862. The number of nitrogens with one attached hydrogen (secondary N) is 1. The van der Waals surface area contributed by atoms with Gasteiger partial charge in [0.25, 0.3) is 0 Å². The molecule has 1 N–H and O–H groups in total. The van der Waals surface area contributed by atoms with Crippen LogP contribution in [0.1, 0.15) is 6.42 Å². The van der Waals surface area contributed by atoms with Crippen molar-refractivity contribution < 1.29 is 9.53 Å². The first kappa shape index (κ1) is 17.3. The summed E-state index contributed by atoms with van der Waals surface area (Å²) in [7, 11) is 0. The smallest absolute Gasteiger partial charge is 0.226 e. The van der Waals surface area contributed by atoms with E-state index in [0.29, 0.717) is 28.0 Å². The van der Waals surface area contributed by atoms with Crippen LogP contribution in [0.25, 0.3) is 0 Å². The Morgan fingerprint density at radius 1 is 1.12 bits per heavy atom. The highest BCUT2D eigenvalue weighted by molar-refractivity contribution is 6.30. The number of aryl methyl sites for hydroxylation is 1. The van der Waals surface area contributed by atoms with Crippen LogP contribution in [-0.2, 0) is 18.1 Å². The first-order valence-electron chi connectivity index (χ1n) is 7.47. The van der Waals surface area contributed by atoms with Gasteiger partial charge in [0.2, 0.25) is 5.91 Å². The number of carbonyl (C=O) groups is 1. The molecule has 0 bridgehead atoms. The topological polar surface area (TPSA) is 74.0 Å². The largest absolute Gasteiger partial charge is 0.471 e. The number of halogens is 2. The zero-order chi connectivity index (χ0) is 17.6. The van der Waals surface area contributed by atoms with E-state index in [2.05, 4.69) is 15.5 Å². The van der Waals surface area contributed by atoms with Crippen LogP contribution in [0.15, 0.2) is 49.1 Å². The number of hydrogen-bond donors (Lipinski definition) is 1. The minimum Gasteiger partial charge on any atom is -0.471 e. The minimum atomic E-state index is -0.137. The van der Waals surface area contributed by atoms with E-state index in [-0.39, 0.29) is 19.1 Å². The van der Waals surface area contributed by atoms with E-state index < -0.39 is 0 Å². The molecule has 0 aliphatic carbocycles. The zero-order valence-electron chi connectivity index (χ0n) is 13.1. The monoisotopic (exact) mass is 379 g/mol. The van der Waals surface area contributed by atoms with Crippen LogP contribution in [0.4, 0.5) is 5.69 Å². The number of aromatic nitrogens is 4. The molecule has 25 heavy (non-hydrogen) atoms. The van der Waals surface area contributed by atoms with Gasteiger partial charge in [-0.3, -0.25) is 9.48 Å². The Hall–Kier alpha value is -2.51. The van der Waals surface area contributed by atoms with E-state index in [1.165, 1.54) is 6.20 Å². The highest BCUT2D eigenvalue weighted by atomic mass is 35.5. The van der Waals surface area contributed by atoms with E-state index in [1.54, 1.807) is 52.2 Å². The molecule has 0 unspecified atom stereocenters. The van der Waals surface area contributed by atoms with Crippen molar-refractivity contribution >= 4 is 34.8 Å². The van der Waals surface area contributed by atoms with Gasteiger partial charge in [0.05, 0.1) is 29.3 Å².